The van der Waals surface area contributed by atoms with E-state index in [0.29, 0.717) is 0 Å². The van der Waals surface area contributed by atoms with E-state index in [-0.39, 0.29) is 0 Å². The highest BCUT2D eigenvalue weighted by Crippen LogP contribution is 2.22. The summed E-state index contributed by atoms with van der Waals surface area (Å²) in [6, 6.07) is 6.01. The van der Waals surface area contributed by atoms with Gasteiger partial charge in [-0.05, 0) is 25.5 Å². The van der Waals surface area contributed by atoms with E-state index in [1.165, 1.54) is 5.56 Å². The summed E-state index contributed by atoms with van der Waals surface area (Å²) in [4.78, 5) is 0. The fourth-order valence-electron chi connectivity index (χ4n) is 1.85. The van der Waals surface area contributed by atoms with E-state index in [1.54, 1.807) is 0 Å². The number of benzene rings is 1. The summed E-state index contributed by atoms with van der Waals surface area (Å²) < 4.78 is 1.83. The largest absolute Gasteiger partial charge is 0.397 e. The van der Waals surface area contributed by atoms with E-state index < -0.39 is 0 Å². The van der Waals surface area contributed by atoms with Crippen LogP contribution in [0, 0.1) is 13.8 Å². The highest BCUT2D eigenvalue weighted by atomic mass is 15.2. The Morgan fingerprint density at radius 3 is 2.76 bits per heavy atom. The van der Waals surface area contributed by atoms with E-state index >= 15 is 0 Å². The van der Waals surface area contributed by atoms with Crippen LogP contribution in [0.2, 0.25) is 0 Å². The van der Waals surface area contributed by atoms with E-state index in [4.69, 9.17) is 5.73 Å². The van der Waals surface area contributed by atoms with Crippen molar-refractivity contribution in [1.29, 1.82) is 0 Å². The maximum atomic E-state index is 6.01. The van der Waals surface area contributed by atoms with Gasteiger partial charge in [0.05, 0.1) is 17.1 Å². The molecule has 3 N–H and O–H groups in total. The van der Waals surface area contributed by atoms with E-state index in [2.05, 4.69) is 10.4 Å². The number of anilines is 2. The second kappa shape index (κ2) is 4.49. The van der Waals surface area contributed by atoms with Gasteiger partial charge in [0.2, 0.25) is 0 Å². The number of rotatable bonds is 3. The molecule has 0 aliphatic heterocycles. The summed E-state index contributed by atoms with van der Waals surface area (Å²) in [7, 11) is 1.93. The summed E-state index contributed by atoms with van der Waals surface area (Å²) >= 11 is 0. The van der Waals surface area contributed by atoms with Gasteiger partial charge in [0.25, 0.3) is 0 Å². The van der Waals surface area contributed by atoms with Gasteiger partial charge >= 0.3 is 0 Å². The summed E-state index contributed by atoms with van der Waals surface area (Å²) in [6.45, 7) is 4.76. The zero-order chi connectivity index (χ0) is 12.4. The molecule has 0 unspecified atom stereocenters. The van der Waals surface area contributed by atoms with Gasteiger partial charge in [-0.1, -0.05) is 12.1 Å². The number of aryl methyl sites for hydroxylation is 3. The number of hydrogen-bond donors (Lipinski definition) is 2. The third kappa shape index (κ3) is 2.41. The van der Waals surface area contributed by atoms with Crippen LogP contribution in [0.4, 0.5) is 11.4 Å². The van der Waals surface area contributed by atoms with Crippen LogP contribution in [0.3, 0.4) is 0 Å². The monoisotopic (exact) mass is 230 g/mol. The van der Waals surface area contributed by atoms with Crippen molar-refractivity contribution >= 4 is 11.4 Å². The van der Waals surface area contributed by atoms with Gasteiger partial charge in [-0.3, -0.25) is 4.68 Å². The lowest BCUT2D eigenvalue weighted by Crippen LogP contribution is -2.03. The summed E-state index contributed by atoms with van der Waals surface area (Å²) in [5.41, 5.74) is 11.1. The van der Waals surface area contributed by atoms with Crippen LogP contribution in [-0.2, 0) is 13.6 Å². The number of nitrogens with two attached hydrogens (primary N) is 1. The van der Waals surface area contributed by atoms with Crippen molar-refractivity contribution in [2.75, 3.05) is 11.1 Å². The molecule has 4 nitrogen and oxygen atoms in total. The number of nitrogens with one attached hydrogen (secondary N) is 1. The van der Waals surface area contributed by atoms with Gasteiger partial charge < -0.3 is 11.1 Å². The summed E-state index contributed by atoms with van der Waals surface area (Å²) in [5, 5.41) is 7.65. The van der Waals surface area contributed by atoms with Gasteiger partial charge in [-0.2, -0.15) is 5.10 Å². The molecule has 4 heteroatoms. The van der Waals surface area contributed by atoms with Crippen molar-refractivity contribution in [3.05, 3.63) is 41.2 Å². The molecule has 0 saturated carbocycles. The molecule has 1 heterocycles. The Morgan fingerprint density at radius 1 is 1.35 bits per heavy atom. The molecule has 2 rings (SSSR count). The number of nitrogens with zero attached hydrogens (tertiary/aromatic N) is 2. The number of para-hydroxylation sites is 1. The minimum atomic E-state index is 0.743. The fourth-order valence-corrected chi connectivity index (χ4v) is 1.85. The summed E-state index contributed by atoms with van der Waals surface area (Å²) in [6.07, 6.45) is 2.02. The molecule has 0 fully saturated rings. The predicted octanol–water partition coefficient (Wildman–Crippen LogP) is 2.23. The molecular formula is C13H18N4. The molecule has 0 amide bonds. The molecule has 0 radical (unpaired) electrons. The van der Waals surface area contributed by atoms with Crippen LogP contribution >= 0.6 is 0 Å². The fraction of sp³-hybridized carbons (Fsp3) is 0.308. The Bertz CT molecular complexity index is 528. The SMILES string of the molecule is Cc1cccc(NCc2cn(C)nc2C)c1N. The average molecular weight is 230 g/mol. The molecule has 0 atom stereocenters. The van der Waals surface area contributed by atoms with Crippen LogP contribution < -0.4 is 11.1 Å². The van der Waals surface area contributed by atoms with Crippen molar-refractivity contribution in [1.82, 2.24) is 9.78 Å². The summed E-state index contributed by atoms with van der Waals surface area (Å²) in [5.74, 6) is 0. The normalized spacial score (nSPS) is 10.5. The molecule has 1 aromatic carbocycles. The molecule has 0 aliphatic rings. The van der Waals surface area contributed by atoms with Gasteiger partial charge in [0, 0.05) is 25.4 Å². The van der Waals surface area contributed by atoms with Crippen molar-refractivity contribution < 1.29 is 0 Å². The molecule has 90 valence electrons. The standard InChI is InChI=1S/C13H18N4/c1-9-5-4-6-12(13(9)14)15-7-11-8-17(3)16-10(11)2/h4-6,8,15H,7,14H2,1-3H3. The lowest BCUT2D eigenvalue weighted by molar-refractivity contribution is 0.756. The van der Waals surface area contributed by atoms with Crippen molar-refractivity contribution in [3.8, 4) is 0 Å². The molecular weight excluding hydrogens is 212 g/mol. The average Bonchev–Trinajstić information content (AvgIpc) is 2.60. The third-order valence-electron chi connectivity index (χ3n) is 2.91. The molecule has 0 aliphatic carbocycles. The third-order valence-corrected chi connectivity index (χ3v) is 2.91. The Hall–Kier alpha value is -1.97. The lowest BCUT2D eigenvalue weighted by Gasteiger charge is -2.10. The Kier molecular flexibility index (Phi) is 3.04. The smallest absolute Gasteiger partial charge is 0.0643 e. The second-order valence-corrected chi connectivity index (χ2v) is 4.30. The van der Waals surface area contributed by atoms with Crippen LogP contribution in [0.15, 0.2) is 24.4 Å². The first kappa shape index (κ1) is 11.5. The highest BCUT2D eigenvalue weighted by Gasteiger charge is 2.04. The molecule has 0 spiro atoms. The Morgan fingerprint density at radius 2 is 2.12 bits per heavy atom. The second-order valence-electron chi connectivity index (χ2n) is 4.30. The first-order valence-electron chi connectivity index (χ1n) is 5.66. The number of nitrogen functional groups attached to an aromatic ring is 1. The van der Waals surface area contributed by atoms with Crippen molar-refractivity contribution in [2.45, 2.75) is 20.4 Å². The predicted molar refractivity (Wildman–Crippen MR) is 70.9 cm³/mol. The van der Waals surface area contributed by atoms with Crippen LogP contribution in [-0.4, -0.2) is 9.78 Å². The first-order valence-corrected chi connectivity index (χ1v) is 5.66. The maximum Gasteiger partial charge on any atom is 0.0643 e. The Balaban J connectivity index is 2.12. The van der Waals surface area contributed by atoms with E-state index in [0.717, 1.165) is 29.2 Å². The van der Waals surface area contributed by atoms with E-state index in [1.807, 2.05) is 50.0 Å². The van der Waals surface area contributed by atoms with E-state index in [9.17, 15) is 0 Å². The topological polar surface area (TPSA) is 55.9 Å². The minimum Gasteiger partial charge on any atom is -0.397 e. The minimum absolute atomic E-state index is 0.743. The Labute approximate surface area is 101 Å². The zero-order valence-corrected chi connectivity index (χ0v) is 10.5. The zero-order valence-electron chi connectivity index (χ0n) is 10.5. The van der Waals surface area contributed by atoms with Gasteiger partial charge in [-0.25, -0.2) is 0 Å². The first-order chi connectivity index (χ1) is 8.08. The maximum absolute atomic E-state index is 6.01. The molecule has 1 aromatic heterocycles. The molecule has 0 bridgehead atoms. The van der Waals surface area contributed by atoms with Gasteiger partial charge in [0.15, 0.2) is 0 Å². The highest BCUT2D eigenvalue weighted by molar-refractivity contribution is 5.69. The van der Waals surface area contributed by atoms with Crippen molar-refractivity contribution in [2.24, 2.45) is 7.05 Å². The molecule has 17 heavy (non-hydrogen) atoms. The number of hydrogen-bond acceptors (Lipinski definition) is 3. The molecule has 2 aromatic rings. The lowest BCUT2D eigenvalue weighted by atomic mass is 10.1. The van der Waals surface area contributed by atoms with Crippen molar-refractivity contribution in [3.63, 3.8) is 0 Å². The van der Waals surface area contributed by atoms with Crippen LogP contribution in [0.5, 0.6) is 0 Å². The number of aromatic nitrogens is 2. The van der Waals surface area contributed by atoms with Crippen LogP contribution in [0.1, 0.15) is 16.8 Å². The van der Waals surface area contributed by atoms with Gasteiger partial charge in [0.1, 0.15) is 0 Å². The molecule has 0 saturated heterocycles. The quantitative estimate of drug-likeness (QED) is 0.795. The van der Waals surface area contributed by atoms with Gasteiger partial charge in [-0.15, -0.1) is 0 Å². The van der Waals surface area contributed by atoms with Crippen LogP contribution in [0.25, 0.3) is 0 Å².